The van der Waals surface area contributed by atoms with Gasteiger partial charge in [-0.2, -0.15) is 13.2 Å². The van der Waals surface area contributed by atoms with Crippen LogP contribution in [0.3, 0.4) is 0 Å². The molecule has 0 spiro atoms. The zero-order chi connectivity index (χ0) is 14.0. The molecule has 2 nitrogen and oxygen atoms in total. The van der Waals surface area contributed by atoms with Crippen LogP contribution in [-0.4, -0.2) is 10.8 Å². The highest BCUT2D eigenvalue weighted by Crippen LogP contribution is 2.33. The molecule has 0 aliphatic heterocycles. The average Bonchev–Trinajstić information content (AvgIpc) is 2.77. The Morgan fingerprint density at radius 2 is 2.00 bits per heavy atom. The minimum Gasteiger partial charge on any atom is -0.293 e. The largest absolute Gasteiger partial charge is 0.416 e. The molecule has 2 rings (SSSR count). The van der Waals surface area contributed by atoms with Crippen molar-refractivity contribution >= 4 is 17.1 Å². The van der Waals surface area contributed by atoms with E-state index < -0.39 is 11.7 Å². The molecule has 0 fully saturated rings. The summed E-state index contributed by atoms with van der Waals surface area (Å²) >= 11 is 1.19. The second-order valence-corrected chi connectivity index (χ2v) is 4.96. The van der Waals surface area contributed by atoms with Crippen molar-refractivity contribution in [1.82, 2.24) is 4.98 Å². The van der Waals surface area contributed by atoms with Gasteiger partial charge in [0.05, 0.1) is 10.6 Å². The first-order chi connectivity index (χ1) is 8.88. The van der Waals surface area contributed by atoms with Crippen LogP contribution in [0.1, 0.15) is 33.5 Å². The molecule has 0 bridgehead atoms. The second kappa shape index (κ2) is 5.13. The molecule has 0 N–H and O–H groups in total. The van der Waals surface area contributed by atoms with Crippen molar-refractivity contribution in [2.24, 2.45) is 0 Å². The summed E-state index contributed by atoms with van der Waals surface area (Å²) in [5.41, 5.74) is -0.196. The van der Waals surface area contributed by atoms with Gasteiger partial charge in [0.25, 0.3) is 0 Å². The zero-order valence-electron chi connectivity index (χ0n) is 9.99. The molecule has 6 heteroatoms. The Kier molecular flexibility index (Phi) is 3.71. The van der Waals surface area contributed by atoms with Gasteiger partial charge in [-0.25, -0.2) is 4.98 Å². The summed E-state index contributed by atoms with van der Waals surface area (Å²) in [6, 6.07) is 5.39. The molecule has 1 heterocycles. The summed E-state index contributed by atoms with van der Waals surface area (Å²) in [5, 5.41) is 2.07. The Hall–Kier alpha value is -1.69. The quantitative estimate of drug-likeness (QED) is 0.799. The second-order valence-electron chi connectivity index (χ2n) is 4.01. The van der Waals surface area contributed by atoms with Crippen molar-refractivity contribution in [3.63, 3.8) is 0 Å². The number of hydrogen-bond donors (Lipinski definition) is 0. The summed E-state index contributed by atoms with van der Waals surface area (Å²) in [6.45, 7) is 1.38. The van der Waals surface area contributed by atoms with E-state index in [2.05, 4.69) is 4.98 Å². The highest BCUT2D eigenvalue weighted by molar-refractivity contribution is 7.09. The summed E-state index contributed by atoms with van der Waals surface area (Å²) < 4.78 is 38.4. The van der Waals surface area contributed by atoms with Crippen LogP contribution in [-0.2, 0) is 12.6 Å². The molecule has 0 saturated heterocycles. The number of ketones is 1. The number of carbonyl (C=O) groups excluding carboxylic acids is 1. The van der Waals surface area contributed by atoms with Crippen LogP contribution in [0, 0.1) is 0 Å². The molecule has 0 aliphatic carbocycles. The average molecular weight is 285 g/mol. The molecule has 0 unspecified atom stereocenters. The fourth-order valence-electron chi connectivity index (χ4n) is 1.67. The van der Waals surface area contributed by atoms with Crippen molar-refractivity contribution in [2.45, 2.75) is 19.5 Å². The van der Waals surface area contributed by atoms with Crippen LogP contribution in [0.15, 0.2) is 29.6 Å². The van der Waals surface area contributed by atoms with Gasteiger partial charge in [-0.15, -0.1) is 11.3 Å². The third kappa shape index (κ3) is 3.20. The number of rotatable bonds is 3. The molecule has 0 amide bonds. The predicted octanol–water partition coefficient (Wildman–Crippen LogP) is 3.96. The maximum atomic E-state index is 12.8. The van der Waals surface area contributed by atoms with Gasteiger partial charge < -0.3 is 0 Å². The number of nitrogens with zero attached hydrogens (tertiary/aromatic N) is 1. The van der Waals surface area contributed by atoms with E-state index in [4.69, 9.17) is 0 Å². The number of benzene rings is 1. The van der Waals surface area contributed by atoms with Gasteiger partial charge in [-0.05, 0) is 11.6 Å². The molecule has 2 aromatic rings. The molecule has 19 heavy (non-hydrogen) atoms. The number of hydrogen-bond acceptors (Lipinski definition) is 3. The summed E-state index contributed by atoms with van der Waals surface area (Å²) in [4.78, 5) is 15.1. The molecule has 1 aromatic carbocycles. The first kappa shape index (κ1) is 13.7. The summed E-state index contributed by atoms with van der Waals surface area (Å²) in [5.74, 6) is -0.188. The van der Waals surface area contributed by atoms with Gasteiger partial charge >= 0.3 is 6.18 Å². The Labute approximate surface area is 111 Å². The fraction of sp³-hybridized carbons (Fsp3) is 0.231. The van der Waals surface area contributed by atoms with E-state index in [0.29, 0.717) is 10.7 Å². The van der Waals surface area contributed by atoms with Crippen molar-refractivity contribution in [3.05, 3.63) is 51.5 Å². The molecule has 0 atom stereocenters. The van der Waals surface area contributed by atoms with E-state index in [1.165, 1.54) is 30.4 Å². The smallest absolute Gasteiger partial charge is 0.293 e. The number of carbonyl (C=O) groups is 1. The number of Topliss-reactive ketones (excluding diaryl/α,β-unsaturated/α-hetero) is 1. The van der Waals surface area contributed by atoms with Gasteiger partial charge in [0.1, 0.15) is 5.69 Å². The minimum atomic E-state index is -4.38. The normalized spacial score (nSPS) is 11.6. The van der Waals surface area contributed by atoms with Gasteiger partial charge in [0.2, 0.25) is 0 Å². The minimum absolute atomic E-state index is 0.0770. The topological polar surface area (TPSA) is 30.0 Å². The van der Waals surface area contributed by atoms with E-state index in [1.54, 1.807) is 11.4 Å². The number of alkyl halides is 3. The van der Waals surface area contributed by atoms with E-state index in [9.17, 15) is 18.0 Å². The Morgan fingerprint density at radius 3 is 2.58 bits per heavy atom. The van der Waals surface area contributed by atoms with Crippen molar-refractivity contribution in [1.29, 1.82) is 0 Å². The monoisotopic (exact) mass is 285 g/mol. The zero-order valence-corrected chi connectivity index (χ0v) is 10.8. The van der Waals surface area contributed by atoms with Gasteiger partial charge in [0.15, 0.2) is 5.78 Å². The maximum absolute atomic E-state index is 12.8. The van der Waals surface area contributed by atoms with Gasteiger partial charge in [-0.3, -0.25) is 4.79 Å². The van der Waals surface area contributed by atoms with Crippen LogP contribution in [0.5, 0.6) is 0 Å². The first-order valence-corrected chi connectivity index (χ1v) is 6.36. The van der Waals surface area contributed by atoms with Crippen molar-refractivity contribution in [2.75, 3.05) is 0 Å². The molecule has 1 aromatic heterocycles. The van der Waals surface area contributed by atoms with E-state index in [-0.39, 0.29) is 17.8 Å². The third-order valence-electron chi connectivity index (χ3n) is 2.58. The predicted molar refractivity (Wildman–Crippen MR) is 66.4 cm³/mol. The number of aromatic nitrogens is 1. The molecule has 100 valence electrons. The number of halogens is 3. The maximum Gasteiger partial charge on any atom is 0.416 e. The lowest BCUT2D eigenvalue weighted by atomic mass is 10.0. The fourth-order valence-corrected chi connectivity index (χ4v) is 2.52. The van der Waals surface area contributed by atoms with Crippen molar-refractivity contribution < 1.29 is 18.0 Å². The molecule has 0 radical (unpaired) electrons. The Bertz CT molecular complexity index is 604. The summed E-state index contributed by atoms with van der Waals surface area (Å²) in [6.07, 6.45) is -4.30. The van der Waals surface area contributed by atoms with E-state index in [0.717, 1.165) is 6.07 Å². The highest BCUT2D eigenvalue weighted by Gasteiger charge is 2.32. The van der Waals surface area contributed by atoms with Crippen molar-refractivity contribution in [3.8, 4) is 0 Å². The van der Waals surface area contributed by atoms with Crippen LogP contribution in [0.25, 0.3) is 0 Å². The van der Waals surface area contributed by atoms with Crippen LogP contribution >= 0.6 is 11.3 Å². The lowest BCUT2D eigenvalue weighted by molar-refractivity contribution is -0.138. The Balaban J connectivity index is 2.30. The lowest BCUT2D eigenvalue weighted by Crippen LogP contribution is -2.09. The standard InChI is InChI=1S/C13H10F3NOS/c1-8(18)11-7-19-12(17-11)6-9-4-2-3-5-10(9)13(14,15)16/h2-5,7H,6H2,1H3. The van der Waals surface area contributed by atoms with E-state index in [1.807, 2.05) is 0 Å². The van der Waals surface area contributed by atoms with Gasteiger partial charge in [-0.1, -0.05) is 18.2 Å². The number of thiazole rings is 1. The third-order valence-corrected chi connectivity index (χ3v) is 3.43. The molecule has 0 saturated carbocycles. The SMILES string of the molecule is CC(=O)c1csc(Cc2ccccc2C(F)(F)F)n1. The van der Waals surface area contributed by atoms with E-state index >= 15 is 0 Å². The van der Waals surface area contributed by atoms with Gasteiger partial charge in [0, 0.05) is 18.7 Å². The summed E-state index contributed by atoms with van der Waals surface area (Å²) in [7, 11) is 0. The van der Waals surface area contributed by atoms with Crippen LogP contribution in [0.4, 0.5) is 13.2 Å². The van der Waals surface area contributed by atoms with Crippen LogP contribution in [0.2, 0.25) is 0 Å². The molecule has 0 aliphatic rings. The molecular weight excluding hydrogens is 275 g/mol. The lowest BCUT2D eigenvalue weighted by Gasteiger charge is -2.11. The molecular formula is C13H10F3NOS. The first-order valence-electron chi connectivity index (χ1n) is 5.48. The Morgan fingerprint density at radius 1 is 1.32 bits per heavy atom. The highest BCUT2D eigenvalue weighted by atomic mass is 32.1. The van der Waals surface area contributed by atoms with Crippen LogP contribution < -0.4 is 0 Å².